The highest BCUT2D eigenvalue weighted by molar-refractivity contribution is 5.92. The van der Waals surface area contributed by atoms with E-state index < -0.39 is 11.6 Å². The molecule has 118 valence electrons. The standard InChI is InChI=1S/C17H14F2N2O2/c1-8(22)20-16-5-11-3-10-4-14(18)17(21-9(2)23)7-13(10)12(11)6-15(16)19/h4-7H,3H2,1-2H3,(H,20,22)(H,21,23). The van der Waals surface area contributed by atoms with Crippen molar-refractivity contribution in [3.63, 3.8) is 0 Å². The van der Waals surface area contributed by atoms with E-state index in [9.17, 15) is 18.4 Å². The van der Waals surface area contributed by atoms with Gasteiger partial charge < -0.3 is 10.6 Å². The molecular weight excluding hydrogens is 302 g/mol. The molecule has 0 fully saturated rings. The van der Waals surface area contributed by atoms with Crippen molar-refractivity contribution in [2.45, 2.75) is 20.3 Å². The van der Waals surface area contributed by atoms with Gasteiger partial charge in [-0.15, -0.1) is 0 Å². The van der Waals surface area contributed by atoms with E-state index in [0.29, 0.717) is 23.1 Å². The third-order valence-electron chi connectivity index (χ3n) is 3.68. The minimum Gasteiger partial charge on any atom is -0.324 e. The van der Waals surface area contributed by atoms with Crippen molar-refractivity contribution in [1.82, 2.24) is 0 Å². The molecule has 0 radical (unpaired) electrons. The normalized spacial score (nSPS) is 11.7. The van der Waals surface area contributed by atoms with E-state index in [1.807, 2.05) is 0 Å². The zero-order valence-electron chi connectivity index (χ0n) is 12.6. The number of rotatable bonds is 2. The maximum Gasteiger partial charge on any atom is 0.221 e. The Morgan fingerprint density at radius 1 is 0.826 bits per heavy atom. The summed E-state index contributed by atoms with van der Waals surface area (Å²) < 4.78 is 28.1. The molecule has 0 saturated heterocycles. The summed E-state index contributed by atoms with van der Waals surface area (Å²) in [4.78, 5) is 22.2. The fourth-order valence-corrected chi connectivity index (χ4v) is 2.80. The van der Waals surface area contributed by atoms with Crippen LogP contribution in [0.1, 0.15) is 25.0 Å². The van der Waals surface area contributed by atoms with E-state index in [2.05, 4.69) is 10.6 Å². The van der Waals surface area contributed by atoms with Crippen LogP contribution in [0.3, 0.4) is 0 Å². The zero-order chi connectivity index (χ0) is 16.7. The topological polar surface area (TPSA) is 58.2 Å². The van der Waals surface area contributed by atoms with Gasteiger partial charge in [0.25, 0.3) is 0 Å². The molecule has 23 heavy (non-hydrogen) atoms. The Hall–Kier alpha value is -2.76. The van der Waals surface area contributed by atoms with Crippen molar-refractivity contribution in [2.24, 2.45) is 0 Å². The van der Waals surface area contributed by atoms with Gasteiger partial charge in [0.05, 0.1) is 11.4 Å². The third-order valence-corrected chi connectivity index (χ3v) is 3.68. The Balaban J connectivity index is 2.07. The molecule has 2 aromatic carbocycles. The Morgan fingerprint density at radius 2 is 1.30 bits per heavy atom. The van der Waals surface area contributed by atoms with Crippen LogP contribution >= 0.6 is 0 Å². The molecule has 1 aliphatic rings. The Labute approximate surface area is 131 Å². The van der Waals surface area contributed by atoms with Crippen LogP contribution in [-0.4, -0.2) is 11.8 Å². The minimum atomic E-state index is -0.558. The van der Waals surface area contributed by atoms with Crippen molar-refractivity contribution in [2.75, 3.05) is 10.6 Å². The molecule has 2 aromatic rings. The Kier molecular flexibility index (Phi) is 3.60. The van der Waals surface area contributed by atoms with Crippen LogP contribution in [0.15, 0.2) is 24.3 Å². The molecular formula is C17H14F2N2O2. The summed E-state index contributed by atoms with van der Waals surface area (Å²) in [6.07, 6.45) is 0.439. The van der Waals surface area contributed by atoms with Gasteiger partial charge in [-0.05, 0) is 52.9 Å². The number of halogens is 2. The number of anilines is 2. The molecule has 2 N–H and O–H groups in total. The highest BCUT2D eigenvalue weighted by Gasteiger charge is 2.23. The molecule has 0 aliphatic heterocycles. The number of nitrogens with one attached hydrogen (secondary N) is 2. The molecule has 0 spiro atoms. The summed E-state index contributed by atoms with van der Waals surface area (Å²) in [5, 5.41) is 4.85. The summed E-state index contributed by atoms with van der Waals surface area (Å²) in [5.74, 6) is -1.83. The predicted molar refractivity (Wildman–Crippen MR) is 83.2 cm³/mol. The van der Waals surface area contributed by atoms with Crippen LogP contribution in [0.2, 0.25) is 0 Å². The van der Waals surface area contributed by atoms with Crippen molar-refractivity contribution < 1.29 is 18.4 Å². The second kappa shape index (κ2) is 5.46. The van der Waals surface area contributed by atoms with Crippen molar-refractivity contribution in [3.05, 3.63) is 47.0 Å². The lowest BCUT2D eigenvalue weighted by Crippen LogP contribution is -2.08. The molecule has 6 heteroatoms. The average Bonchev–Trinajstić information content (AvgIpc) is 2.75. The van der Waals surface area contributed by atoms with E-state index in [1.54, 1.807) is 6.07 Å². The number of carbonyl (C=O) groups is 2. The van der Waals surface area contributed by atoms with E-state index in [1.165, 1.54) is 32.0 Å². The van der Waals surface area contributed by atoms with Gasteiger partial charge in [-0.3, -0.25) is 9.59 Å². The smallest absolute Gasteiger partial charge is 0.221 e. The number of hydrogen-bond acceptors (Lipinski definition) is 2. The maximum atomic E-state index is 14.1. The summed E-state index contributed by atoms with van der Waals surface area (Å²) in [7, 11) is 0. The van der Waals surface area contributed by atoms with Gasteiger partial charge in [0, 0.05) is 13.8 Å². The molecule has 4 nitrogen and oxygen atoms in total. The highest BCUT2D eigenvalue weighted by atomic mass is 19.1. The van der Waals surface area contributed by atoms with Crippen LogP contribution in [0.4, 0.5) is 20.2 Å². The lowest BCUT2D eigenvalue weighted by molar-refractivity contribution is -0.115. The Morgan fingerprint density at radius 3 is 1.91 bits per heavy atom. The van der Waals surface area contributed by atoms with Gasteiger partial charge >= 0.3 is 0 Å². The van der Waals surface area contributed by atoms with Gasteiger partial charge in [-0.2, -0.15) is 0 Å². The number of carbonyl (C=O) groups excluding carboxylic acids is 2. The number of amides is 2. The van der Waals surface area contributed by atoms with Crippen LogP contribution in [0, 0.1) is 11.6 Å². The van der Waals surface area contributed by atoms with Crippen LogP contribution < -0.4 is 10.6 Å². The maximum absolute atomic E-state index is 14.1. The average molecular weight is 316 g/mol. The van der Waals surface area contributed by atoms with Crippen LogP contribution in [0.5, 0.6) is 0 Å². The monoisotopic (exact) mass is 316 g/mol. The molecule has 0 atom stereocenters. The molecule has 0 aromatic heterocycles. The number of hydrogen-bond donors (Lipinski definition) is 2. The van der Waals surface area contributed by atoms with E-state index in [0.717, 1.165) is 5.56 Å². The number of fused-ring (bicyclic) bond motifs is 3. The van der Waals surface area contributed by atoms with E-state index in [-0.39, 0.29) is 23.2 Å². The summed E-state index contributed by atoms with van der Waals surface area (Å²) in [6.45, 7) is 2.59. The second-order valence-electron chi connectivity index (χ2n) is 5.52. The van der Waals surface area contributed by atoms with Gasteiger partial charge in [-0.25, -0.2) is 8.78 Å². The quantitative estimate of drug-likeness (QED) is 0.761. The summed E-state index contributed by atoms with van der Waals surface area (Å²) >= 11 is 0. The van der Waals surface area contributed by atoms with Crippen LogP contribution in [-0.2, 0) is 16.0 Å². The summed E-state index contributed by atoms with van der Waals surface area (Å²) in [5.41, 5.74) is 2.99. The molecule has 0 saturated carbocycles. The first kappa shape index (κ1) is 15.1. The Bertz CT molecular complexity index is 847. The highest BCUT2D eigenvalue weighted by Crippen LogP contribution is 2.41. The minimum absolute atomic E-state index is 0.0652. The molecule has 0 bridgehead atoms. The van der Waals surface area contributed by atoms with E-state index >= 15 is 0 Å². The molecule has 0 unspecified atom stereocenters. The number of benzene rings is 2. The summed E-state index contributed by atoms with van der Waals surface area (Å²) in [6, 6.07) is 5.73. The van der Waals surface area contributed by atoms with Gasteiger partial charge in [0.15, 0.2) is 0 Å². The van der Waals surface area contributed by atoms with Crippen molar-refractivity contribution in [3.8, 4) is 11.1 Å². The van der Waals surface area contributed by atoms with Crippen molar-refractivity contribution >= 4 is 23.2 Å². The first-order chi connectivity index (χ1) is 10.8. The predicted octanol–water partition coefficient (Wildman–Crippen LogP) is 3.45. The van der Waals surface area contributed by atoms with Gasteiger partial charge in [-0.1, -0.05) is 0 Å². The fraction of sp³-hybridized carbons (Fsp3) is 0.176. The first-order valence-corrected chi connectivity index (χ1v) is 7.05. The third kappa shape index (κ3) is 2.79. The van der Waals surface area contributed by atoms with E-state index in [4.69, 9.17) is 0 Å². The second-order valence-corrected chi connectivity index (χ2v) is 5.52. The molecule has 0 heterocycles. The van der Waals surface area contributed by atoms with Gasteiger partial charge in [0.2, 0.25) is 11.8 Å². The SMILES string of the molecule is CC(=O)Nc1cc2c(cc1F)-c1cc(NC(C)=O)c(F)cc1C2. The first-order valence-electron chi connectivity index (χ1n) is 7.05. The lowest BCUT2D eigenvalue weighted by atomic mass is 10.0. The fourth-order valence-electron chi connectivity index (χ4n) is 2.80. The van der Waals surface area contributed by atoms with Gasteiger partial charge in [0.1, 0.15) is 11.6 Å². The van der Waals surface area contributed by atoms with Crippen LogP contribution in [0.25, 0.3) is 11.1 Å². The molecule has 2 amide bonds. The zero-order valence-corrected chi connectivity index (χ0v) is 12.6. The molecule has 3 rings (SSSR count). The lowest BCUT2D eigenvalue weighted by Gasteiger charge is -2.09. The van der Waals surface area contributed by atoms with Crippen molar-refractivity contribution in [1.29, 1.82) is 0 Å². The molecule has 1 aliphatic carbocycles. The largest absolute Gasteiger partial charge is 0.324 e.